The van der Waals surface area contributed by atoms with Crippen molar-refractivity contribution in [3.8, 4) is 6.07 Å². The molecule has 0 aliphatic rings. The van der Waals surface area contributed by atoms with Crippen LogP contribution in [0.25, 0.3) is 0 Å². The first-order valence-corrected chi connectivity index (χ1v) is 4.59. The molecule has 0 atom stereocenters. The molecule has 0 aliphatic heterocycles. The third-order valence-electron chi connectivity index (χ3n) is 2.42. The second-order valence-corrected chi connectivity index (χ2v) is 3.91. The largest absolute Gasteiger partial charge is 0.198 e. The predicted octanol–water partition coefficient (Wildman–Crippen LogP) is 3.27. The highest BCUT2D eigenvalue weighted by Crippen LogP contribution is 2.27. The average molecular weight is 173 g/mol. The highest BCUT2D eigenvalue weighted by molar-refractivity contribution is 5.23. The Morgan fingerprint density at radius 3 is 2.38 bits per heavy atom. The van der Waals surface area contributed by atoms with Crippen LogP contribution in [0.5, 0.6) is 0 Å². The van der Waals surface area contributed by atoms with Crippen LogP contribution in [-0.2, 0) is 5.41 Å². The molecule has 0 spiro atoms. The fraction of sp³-hybridized carbons (Fsp3) is 0.417. The van der Waals surface area contributed by atoms with Gasteiger partial charge in [0.05, 0.1) is 6.07 Å². The van der Waals surface area contributed by atoms with E-state index >= 15 is 0 Å². The molecule has 13 heavy (non-hydrogen) atoms. The van der Waals surface area contributed by atoms with Gasteiger partial charge in [0, 0.05) is 6.42 Å². The summed E-state index contributed by atoms with van der Waals surface area (Å²) in [5, 5.41) is 8.53. The van der Waals surface area contributed by atoms with Crippen molar-refractivity contribution in [1.29, 1.82) is 5.26 Å². The lowest BCUT2D eigenvalue weighted by molar-refractivity contribution is 0.487. The normalized spacial score (nSPS) is 10.8. The van der Waals surface area contributed by atoms with Crippen LogP contribution >= 0.6 is 0 Å². The van der Waals surface area contributed by atoms with Gasteiger partial charge in [-0.1, -0.05) is 44.2 Å². The van der Waals surface area contributed by atoms with Gasteiger partial charge in [-0.3, -0.25) is 0 Å². The van der Waals surface area contributed by atoms with E-state index < -0.39 is 0 Å². The summed E-state index contributed by atoms with van der Waals surface area (Å²) in [4.78, 5) is 0. The number of hydrogen-bond acceptors (Lipinski definition) is 1. The van der Waals surface area contributed by atoms with Crippen LogP contribution in [0.2, 0.25) is 0 Å². The van der Waals surface area contributed by atoms with Crippen LogP contribution in [0.4, 0.5) is 0 Å². The summed E-state index contributed by atoms with van der Waals surface area (Å²) >= 11 is 0. The molecule has 0 aromatic heterocycles. The molecule has 0 aliphatic carbocycles. The lowest BCUT2D eigenvalue weighted by Crippen LogP contribution is -2.16. The molecule has 0 N–H and O–H groups in total. The Balaban J connectivity index is 2.76. The molecule has 0 saturated heterocycles. The first-order valence-electron chi connectivity index (χ1n) is 4.59. The lowest BCUT2D eigenvalue weighted by atomic mass is 9.81. The van der Waals surface area contributed by atoms with E-state index in [0.29, 0.717) is 6.42 Å². The second kappa shape index (κ2) is 4.09. The first kappa shape index (κ1) is 9.80. The van der Waals surface area contributed by atoms with Gasteiger partial charge in [0.1, 0.15) is 0 Å². The monoisotopic (exact) mass is 173 g/mol. The van der Waals surface area contributed by atoms with Gasteiger partial charge in [-0.15, -0.1) is 0 Å². The van der Waals surface area contributed by atoms with Crippen molar-refractivity contribution in [2.75, 3.05) is 0 Å². The highest BCUT2D eigenvalue weighted by atomic mass is 14.3. The molecule has 1 aromatic carbocycles. The quantitative estimate of drug-likeness (QED) is 0.688. The Kier molecular flexibility index (Phi) is 3.08. The topological polar surface area (TPSA) is 23.8 Å². The maximum absolute atomic E-state index is 8.53. The standard InChI is InChI=1S/C12H15N/c1-12(2,9-6-10-13)11-7-4-3-5-8-11/h3-5,7-8H,6,9H2,1-2H3. The van der Waals surface area contributed by atoms with E-state index in [2.05, 4.69) is 32.0 Å². The molecular weight excluding hydrogens is 158 g/mol. The summed E-state index contributed by atoms with van der Waals surface area (Å²) < 4.78 is 0. The van der Waals surface area contributed by atoms with Crippen molar-refractivity contribution in [3.05, 3.63) is 35.9 Å². The molecule has 68 valence electrons. The van der Waals surface area contributed by atoms with Crippen LogP contribution in [0.3, 0.4) is 0 Å². The predicted molar refractivity (Wildman–Crippen MR) is 54.3 cm³/mol. The van der Waals surface area contributed by atoms with E-state index in [9.17, 15) is 0 Å². The molecule has 0 unspecified atom stereocenters. The van der Waals surface area contributed by atoms with E-state index in [1.807, 2.05) is 18.2 Å². The first-order chi connectivity index (χ1) is 6.17. The zero-order valence-corrected chi connectivity index (χ0v) is 8.25. The van der Waals surface area contributed by atoms with Crippen LogP contribution in [0.15, 0.2) is 30.3 Å². The summed E-state index contributed by atoms with van der Waals surface area (Å²) in [5.74, 6) is 0. The number of rotatable bonds is 3. The fourth-order valence-electron chi connectivity index (χ4n) is 1.40. The molecule has 0 saturated carbocycles. The Bertz CT molecular complexity index is 293. The highest BCUT2D eigenvalue weighted by Gasteiger charge is 2.18. The van der Waals surface area contributed by atoms with Crippen LogP contribution in [0.1, 0.15) is 32.3 Å². The summed E-state index contributed by atoms with van der Waals surface area (Å²) in [6.45, 7) is 4.36. The molecule has 1 nitrogen and oxygen atoms in total. The number of hydrogen-bond donors (Lipinski definition) is 0. The maximum atomic E-state index is 8.53. The molecule has 1 aromatic rings. The second-order valence-electron chi connectivity index (χ2n) is 3.91. The minimum absolute atomic E-state index is 0.122. The van der Waals surface area contributed by atoms with Crippen LogP contribution in [0, 0.1) is 11.3 Å². The third kappa shape index (κ3) is 2.59. The van der Waals surface area contributed by atoms with Gasteiger partial charge >= 0.3 is 0 Å². The van der Waals surface area contributed by atoms with Gasteiger partial charge in [-0.25, -0.2) is 0 Å². The summed E-state index contributed by atoms with van der Waals surface area (Å²) in [6, 6.07) is 12.5. The van der Waals surface area contributed by atoms with Crippen molar-refractivity contribution in [2.45, 2.75) is 32.1 Å². The molecule has 1 rings (SSSR count). The van der Waals surface area contributed by atoms with Crippen molar-refractivity contribution in [3.63, 3.8) is 0 Å². The molecule has 0 radical (unpaired) electrons. The van der Waals surface area contributed by atoms with Gasteiger partial charge in [0.25, 0.3) is 0 Å². The van der Waals surface area contributed by atoms with Gasteiger partial charge in [0.2, 0.25) is 0 Å². The number of benzene rings is 1. The summed E-state index contributed by atoms with van der Waals surface area (Å²) in [7, 11) is 0. The number of nitriles is 1. The van der Waals surface area contributed by atoms with Crippen molar-refractivity contribution in [2.24, 2.45) is 0 Å². The smallest absolute Gasteiger partial charge is 0.0622 e. The van der Waals surface area contributed by atoms with Gasteiger partial charge in [0.15, 0.2) is 0 Å². The van der Waals surface area contributed by atoms with Crippen molar-refractivity contribution >= 4 is 0 Å². The Labute approximate surface area is 80.0 Å². The molecule has 0 amide bonds. The molecule has 1 heteroatoms. The van der Waals surface area contributed by atoms with Crippen LogP contribution in [-0.4, -0.2) is 0 Å². The third-order valence-corrected chi connectivity index (χ3v) is 2.42. The van der Waals surface area contributed by atoms with Crippen molar-refractivity contribution < 1.29 is 0 Å². The molecule has 0 heterocycles. The van der Waals surface area contributed by atoms with Crippen molar-refractivity contribution in [1.82, 2.24) is 0 Å². The summed E-state index contributed by atoms with van der Waals surface area (Å²) in [5.41, 5.74) is 1.43. The van der Waals surface area contributed by atoms with E-state index in [1.54, 1.807) is 0 Å². The van der Waals surface area contributed by atoms with E-state index in [4.69, 9.17) is 5.26 Å². The molecule has 0 bridgehead atoms. The Morgan fingerprint density at radius 1 is 1.23 bits per heavy atom. The summed E-state index contributed by atoms with van der Waals surface area (Å²) in [6.07, 6.45) is 1.55. The maximum Gasteiger partial charge on any atom is 0.0622 e. The minimum atomic E-state index is 0.122. The molecule has 0 fully saturated rings. The zero-order valence-electron chi connectivity index (χ0n) is 8.25. The number of nitrogens with zero attached hydrogens (tertiary/aromatic N) is 1. The Morgan fingerprint density at radius 2 is 1.85 bits per heavy atom. The fourth-order valence-corrected chi connectivity index (χ4v) is 1.40. The van der Waals surface area contributed by atoms with Crippen LogP contribution < -0.4 is 0 Å². The van der Waals surface area contributed by atoms with E-state index in [0.717, 1.165) is 6.42 Å². The van der Waals surface area contributed by atoms with Gasteiger partial charge in [-0.2, -0.15) is 5.26 Å². The average Bonchev–Trinajstić information content (AvgIpc) is 2.16. The SMILES string of the molecule is CC(C)(CCC#N)c1ccccc1. The van der Waals surface area contributed by atoms with E-state index in [1.165, 1.54) is 5.56 Å². The van der Waals surface area contributed by atoms with Gasteiger partial charge < -0.3 is 0 Å². The Hall–Kier alpha value is -1.29. The minimum Gasteiger partial charge on any atom is -0.198 e. The van der Waals surface area contributed by atoms with E-state index in [-0.39, 0.29) is 5.41 Å². The molecular formula is C12H15N. The zero-order chi connectivity index (χ0) is 9.73. The lowest BCUT2D eigenvalue weighted by Gasteiger charge is -2.23. The van der Waals surface area contributed by atoms with Gasteiger partial charge in [-0.05, 0) is 17.4 Å².